The molecule has 1 fully saturated rings. The number of piperazine rings is 1. The minimum atomic E-state index is -0.355. The highest BCUT2D eigenvalue weighted by molar-refractivity contribution is 7.09. The van der Waals surface area contributed by atoms with Gasteiger partial charge in [-0.05, 0) is 19.9 Å². The Bertz CT molecular complexity index is 968. The van der Waals surface area contributed by atoms with Crippen LogP contribution in [0.2, 0.25) is 0 Å². The van der Waals surface area contributed by atoms with Gasteiger partial charge in [-0.2, -0.15) is 0 Å². The summed E-state index contributed by atoms with van der Waals surface area (Å²) in [6, 6.07) is 7.53. The van der Waals surface area contributed by atoms with E-state index in [9.17, 15) is 10.1 Å². The van der Waals surface area contributed by atoms with Crippen molar-refractivity contribution in [1.29, 1.82) is 0 Å². The van der Waals surface area contributed by atoms with Crippen molar-refractivity contribution < 1.29 is 4.92 Å². The Kier molecular flexibility index (Phi) is 4.75. The minimum Gasteiger partial charge on any atom is -0.368 e. The number of anilines is 1. The number of thiazole rings is 1. The molecular formula is C19H21N5O2S. The van der Waals surface area contributed by atoms with Crippen molar-refractivity contribution >= 4 is 33.6 Å². The van der Waals surface area contributed by atoms with Crippen LogP contribution in [0, 0.1) is 17.0 Å². The molecule has 0 aliphatic carbocycles. The molecule has 3 heterocycles. The quantitative estimate of drug-likeness (QED) is 0.504. The van der Waals surface area contributed by atoms with E-state index in [-0.39, 0.29) is 10.6 Å². The molecule has 140 valence electrons. The highest BCUT2D eigenvalue weighted by atomic mass is 32.1. The fraction of sp³-hybridized carbons (Fsp3) is 0.368. The molecule has 1 unspecified atom stereocenters. The van der Waals surface area contributed by atoms with Crippen molar-refractivity contribution in [2.24, 2.45) is 0 Å². The Morgan fingerprint density at radius 2 is 2.04 bits per heavy atom. The maximum absolute atomic E-state index is 11.4. The molecule has 4 rings (SSSR count). The molecule has 27 heavy (non-hydrogen) atoms. The van der Waals surface area contributed by atoms with E-state index in [2.05, 4.69) is 26.7 Å². The largest absolute Gasteiger partial charge is 0.368 e. The van der Waals surface area contributed by atoms with E-state index < -0.39 is 0 Å². The normalized spacial score (nSPS) is 16.6. The summed E-state index contributed by atoms with van der Waals surface area (Å²) >= 11 is 1.69. The Morgan fingerprint density at radius 1 is 1.26 bits per heavy atom. The molecule has 0 bridgehead atoms. The molecule has 1 saturated heterocycles. The van der Waals surface area contributed by atoms with Crippen molar-refractivity contribution in [3.63, 3.8) is 0 Å². The number of nitrogens with zero attached hydrogens (tertiary/aromatic N) is 5. The van der Waals surface area contributed by atoms with E-state index in [4.69, 9.17) is 0 Å². The molecule has 0 saturated carbocycles. The van der Waals surface area contributed by atoms with Crippen LogP contribution >= 0.6 is 11.3 Å². The van der Waals surface area contributed by atoms with E-state index in [1.54, 1.807) is 17.4 Å². The SMILES string of the molecule is Cc1cc(N2CCN(C(C)c3nccs3)CC2)c2cccc([N+](=O)[O-])c2n1. The molecule has 0 amide bonds. The Balaban J connectivity index is 1.61. The summed E-state index contributed by atoms with van der Waals surface area (Å²) in [6.07, 6.45) is 1.85. The number of pyridine rings is 1. The van der Waals surface area contributed by atoms with Crippen molar-refractivity contribution in [1.82, 2.24) is 14.9 Å². The van der Waals surface area contributed by atoms with Gasteiger partial charge in [-0.1, -0.05) is 12.1 Å². The molecule has 0 radical (unpaired) electrons. The standard InChI is InChI=1S/C19H21N5O2S/c1-13-12-17(15-4-3-5-16(24(25)26)18(15)21-13)23-9-7-22(8-10-23)14(2)19-20-6-11-27-19/h3-6,11-12,14H,7-10H2,1-2H3. The van der Waals surface area contributed by atoms with Gasteiger partial charge in [-0.15, -0.1) is 11.3 Å². The van der Waals surface area contributed by atoms with Crippen LogP contribution in [-0.2, 0) is 0 Å². The van der Waals surface area contributed by atoms with Crippen LogP contribution in [0.25, 0.3) is 10.9 Å². The van der Waals surface area contributed by atoms with Gasteiger partial charge in [0.25, 0.3) is 5.69 Å². The Morgan fingerprint density at radius 3 is 2.70 bits per heavy atom. The monoisotopic (exact) mass is 383 g/mol. The summed E-state index contributed by atoms with van der Waals surface area (Å²) in [5.74, 6) is 0. The van der Waals surface area contributed by atoms with Gasteiger partial charge in [0.15, 0.2) is 5.52 Å². The van der Waals surface area contributed by atoms with Gasteiger partial charge in [0.2, 0.25) is 0 Å². The summed E-state index contributed by atoms with van der Waals surface area (Å²) in [5, 5.41) is 15.4. The van der Waals surface area contributed by atoms with Crippen LogP contribution in [0.1, 0.15) is 23.7 Å². The second kappa shape index (κ2) is 7.21. The first-order valence-electron chi connectivity index (χ1n) is 8.98. The zero-order valence-corrected chi connectivity index (χ0v) is 16.1. The number of rotatable bonds is 4. The van der Waals surface area contributed by atoms with Crippen molar-refractivity contribution in [3.8, 4) is 0 Å². The fourth-order valence-corrected chi connectivity index (χ4v) is 4.42. The summed E-state index contributed by atoms with van der Waals surface area (Å²) in [5.41, 5.74) is 2.36. The lowest BCUT2D eigenvalue weighted by molar-refractivity contribution is -0.383. The molecule has 0 spiro atoms. The van der Waals surface area contributed by atoms with Gasteiger partial charge in [0, 0.05) is 60.6 Å². The summed E-state index contributed by atoms with van der Waals surface area (Å²) < 4.78 is 0. The zero-order chi connectivity index (χ0) is 19.0. The summed E-state index contributed by atoms with van der Waals surface area (Å²) in [4.78, 5) is 24.7. The molecule has 0 N–H and O–H groups in total. The zero-order valence-electron chi connectivity index (χ0n) is 15.3. The number of fused-ring (bicyclic) bond motifs is 1. The van der Waals surface area contributed by atoms with E-state index in [0.717, 1.165) is 48.0 Å². The Labute approximate surface area is 161 Å². The van der Waals surface area contributed by atoms with Gasteiger partial charge in [0.1, 0.15) is 5.01 Å². The lowest BCUT2D eigenvalue weighted by Gasteiger charge is -2.39. The van der Waals surface area contributed by atoms with E-state index >= 15 is 0 Å². The first-order chi connectivity index (χ1) is 13.0. The number of nitro benzene ring substituents is 1. The van der Waals surface area contributed by atoms with Crippen LogP contribution in [0.5, 0.6) is 0 Å². The number of non-ortho nitro benzene ring substituents is 1. The van der Waals surface area contributed by atoms with Crippen molar-refractivity contribution in [3.05, 3.63) is 56.7 Å². The summed E-state index contributed by atoms with van der Waals surface area (Å²) in [7, 11) is 0. The van der Waals surface area contributed by atoms with Gasteiger partial charge >= 0.3 is 0 Å². The van der Waals surface area contributed by atoms with Gasteiger partial charge in [0.05, 0.1) is 11.0 Å². The number of aryl methyl sites for hydroxylation is 1. The van der Waals surface area contributed by atoms with E-state index in [1.807, 2.05) is 30.6 Å². The minimum absolute atomic E-state index is 0.0634. The highest BCUT2D eigenvalue weighted by Crippen LogP contribution is 2.33. The third kappa shape index (κ3) is 3.38. The number of hydrogen-bond donors (Lipinski definition) is 0. The molecule has 1 aliphatic rings. The third-order valence-electron chi connectivity index (χ3n) is 5.13. The second-order valence-electron chi connectivity index (χ2n) is 6.78. The van der Waals surface area contributed by atoms with E-state index in [0.29, 0.717) is 11.6 Å². The van der Waals surface area contributed by atoms with Crippen LogP contribution in [-0.4, -0.2) is 46.0 Å². The van der Waals surface area contributed by atoms with Crippen LogP contribution in [0.15, 0.2) is 35.8 Å². The topological polar surface area (TPSA) is 75.4 Å². The number of hydrogen-bond acceptors (Lipinski definition) is 7. The van der Waals surface area contributed by atoms with E-state index in [1.165, 1.54) is 6.07 Å². The predicted octanol–water partition coefficient (Wildman–Crippen LogP) is 3.79. The summed E-state index contributed by atoms with van der Waals surface area (Å²) in [6.45, 7) is 7.69. The number of benzene rings is 1. The fourth-order valence-electron chi connectivity index (χ4n) is 3.70. The second-order valence-corrected chi connectivity index (χ2v) is 7.71. The predicted molar refractivity (Wildman–Crippen MR) is 107 cm³/mol. The van der Waals surface area contributed by atoms with Gasteiger partial charge < -0.3 is 4.90 Å². The average molecular weight is 383 g/mol. The molecule has 7 nitrogen and oxygen atoms in total. The molecule has 8 heteroatoms. The average Bonchev–Trinajstić information content (AvgIpc) is 3.21. The van der Waals surface area contributed by atoms with Gasteiger partial charge in [-0.3, -0.25) is 15.0 Å². The molecule has 3 aromatic rings. The first kappa shape index (κ1) is 17.8. The first-order valence-corrected chi connectivity index (χ1v) is 9.85. The Hall–Kier alpha value is -2.58. The van der Waals surface area contributed by atoms with Crippen molar-refractivity contribution in [2.45, 2.75) is 19.9 Å². The molecule has 1 aliphatic heterocycles. The molecule has 1 aromatic carbocycles. The van der Waals surface area contributed by atoms with Crippen LogP contribution < -0.4 is 4.90 Å². The smallest absolute Gasteiger partial charge is 0.295 e. The number of nitro groups is 1. The highest BCUT2D eigenvalue weighted by Gasteiger charge is 2.25. The lowest BCUT2D eigenvalue weighted by Crippen LogP contribution is -2.47. The lowest BCUT2D eigenvalue weighted by atomic mass is 10.1. The maximum Gasteiger partial charge on any atom is 0.295 e. The number of aromatic nitrogens is 2. The third-order valence-corrected chi connectivity index (χ3v) is 6.08. The molecular weight excluding hydrogens is 362 g/mol. The number of para-hydroxylation sites is 1. The van der Waals surface area contributed by atoms with Gasteiger partial charge in [-0.25, -0.2) is 9.97 Å². The maximum atomic E-state index is 11.4. The molecule has 1 atom stereocenters. The molecule has 2 aromatic heterocycles. The van der Waals surface area contributed by atoms with Crippen LogP contribution in [0.4, 0.5) is 11.4 Å². The van der Waals surface area contributed by atoms with Crippen LogP contribution in [0.3, 0.4) is 0 Å². The van der Waals surface area contributed by atoms with Crippen molar-refractivity contribution in [2.75, 3.05) is 31.1 Å².